The smallest absolute Gasteiger partial charge is 0.397 e. The molecule has 1 fully saturated rings. The summed E-state index contributed by atoms with van der Waals surface area (Å²) < 4.78 is 73.1. The number of carbonyl (C=O) groups excluding carboxylic acids is 1. The van der Waals surface area contributed by atoms with Crippen LogP contribution in [0.15, 0.2) is 41.7 Å². The highest BCUT2D eigenvalue weighted by molar-refractivity contribution is 7.90. The van der Waals surface area contributed by atoms with E-state index in [4.69, 9.17) is 16.3 Å². The lowest BCUT2D eigenvalue weighted by atomic mass is 10.1. The number of halogens is 4. The number of rotatable bonds is 7. The monoisotopic (exact) mass is 504 g/mol. The number of aromatic nitrogens is 5. The van der Waals surface area contributed by atoms with Crippen molar-refractivity contribution < 1.29 is 31.1 Å². The minimum absolute atomic E-state index is 0.00834. The SMILES string of the molecule is Cn1cc(S(=O)(=O)NC(=O)c2ccc(-n3ccc(OCC4(C(F)(F)F)CC4)n3)nc2Cl)cn1. The van der Waals surface area contributed by atoms with Gasteiger partial charge in [0.2, 0.25) is 5.88 Å². The van der Waals surface area contributed by atoms with Gasteiger partial charge < -0.3 is 4.74 Å². The number of ether oxygens (including phenoxy) is 1. The first-order valence-electron chi connectivity index (χ1n) is 9.38. The van der Waals surface area contributed by atoms with Crippen LogP contribution in [0.4, 0.5) is 13.2 Å². The van der Waals surface area contributed by atoms with E-state index in [2.05, 4.69) is 15.2 Å². The van der Waals surface area contributed by atoms with Crippen molar-refractivity contribution in [1.82, 2.24) is 29.3 Å². The second kappa shape index (κ2) is 8.02. The first kappa shape index (κ1) is 23.0. The molecule has 33 heavy (non-hydrogen) atoms. The molecule has 0 bridgehead atoms. The number of aryl methyl sites for hydroxylation is 1. The van der Waals surface area contributed by atoms with Gasteiger partial charge >= 0.3 is 6.18 Å². The van der Waals surface area contributed by atoms with Gasteiger partial charge in [0.1, 0.15) is 22.1 Å². The first-order chi connectivity index (χ1) is 15.4. The van der Waals surface area contributed by atoms with Crippen molar-refractivity contribution in [2.45, 2.75) is 23.9 Å². The molecule has 3 aromatic rings. The molecule has 0 aromatic carbocycles. The molecule has 4 rings (SSSR count). The van der Waals surface area contributed by atoms with E-state index >= 15 is 0 Å². The molecular weight excluding hydrogens is 489 g/mol. The minimum atomic E-state index is -4.34. The van der Waals surface area contributed by atoms with Gasteiger partial charge in [-0.3, -0.25) is 9.48 Å². The highest BCUT2D eigenvalue weighted by atomic mass is 35.5. The van der Waals surface area contributed by atoms with Crippen LogP contribution < -0.4 is 9.46 Å². The molecular formula is C18H16ClF3N6O4S. The Balaban J connectivity index is 1.45. The van der Waals surface area contributed by atoms with Crippen LogP contribution in [0.25, 0.3) is 5.82 Å². The normalized spacial score (nSPS) is 15.3. The van der Waals surface area contributed by atoms with Gasteiger partial charge in [-0.1, -0.05) is 11.6 Å². The van der Waals surface area contributed by atoms with E-state index in [9.17, 15) is 26.4 Å². The number of carbonyl (C=O) groups is 1. The van der Waals surface area contributed by atoms with Gasteiger partial charge in [-0.15, -0.1) is 5.10 Å². The topological polar surface area (TPSA) is 121 Å². The van der Waals surface area contributed by atoms with E-state index in [1.54, 1.807) is 0 Å². The van der Waals surface area contributed by atoms with Crippen LogP contribution >= 0.6 is 11.6 Å². The number of sulfonamides is 1. The Morgan fingerprint density at radius 2 is 2.03 bits per heavy atom. The van der Waals surface area contributed by atoms with Gasteiger partial charge in [0.25, 0.3) is 15.9 Å². The van der Waals surface area contributed by atoms with E-state index < -0.39 is 34.1 Å². The van der Waals surface area contributed by atoms with Crippen molar-refractivity contribution in [3.8, 4) is 11.7 Å². The fourth-order valence-electron chi connectivity index (χ4n) is 2.88. The van der Waals surface area contributed by atoms with Crippen molar-refractivity contribution in [3.63, 3.8) is 0 Å². The van der Waals surface area contributed by atoms with E-state index in [0.717, 1.165) is 6.20 Å². The van der Waals surface area contributed by atoms with E-state index in [-0.39, 0.29) is 40.2 Å². The van der Waals surface area contributed by atoms with E-state index in [0.29, 0.717) is 0 Å². The Morgan fingerprint density at radius 3 is 2.61 bits per heavy atom. The second-order valence-electron chi connectivity index (χ2n) is 7.46. The molecule has 0 atom stereocenters. The zero-order valence-corrected chi connectivity index (χ0v) is 18.4. The molecule has 0 aliphatic heterocycles. The third kappa shape index (κ3) is 4.66. The Labute approximate surface area is 190 Å². The van der Waals surface area contributed by atoms with Crippen LogP contribution in [-0.2, 0) is 17.1 Å². The fraction of sp³-hybridized carbons (Fsp3) is 0.333. The van der Waals surface area contributed by atoms with Crippen LogP contribution in [0, 0.1) is 5.41 Å². The summed E-state index contributed by atoms with van der Waals surface area (Å²) in [5.41, 5.74) is -2.04. The molecule has 176 valence electrons. The highest BCUT2D eigenvalue weighted by Crippen LogP contribution is 2.57. The molecule has 0 spiro atoms. The largest absolute Gasteiger partial charge is 0.476 e. The average Bonchev–Trinajstić information content (AvgIpc) is 3.16. The van der Waals surface area contributed by atoms with Crippen LogP contribution in [0.2, 0.25) is 5.15 Å². The van der Waals surface area contributed by atoms with Crippen molar-refractivity contribution in [3.05, 3.63) is 47.5 Å². The summed E-state index contributed by atoms with van der Waals surface area (Å²) in [7, 11) is -2.65. The number of hydrogen-bond donors (Lipinski definition) is 1. The quantitative estimate of drug-likeness (QED) is 0.491. The standard InChI is InChI=1S/C18H16ClF3N6O4S/c1-27-9-11(8-23-27)33(30,31)26-16(29)12-2-3-13(24-15(12)19)28-7-4-14(25-28)32-10-17(5-6-17)18(20,21)22/h2-4,7-9H,5-6,10H2,1H3,(H,26,29). The summed E-state index contributed by atoms with van der Waals surface area (Å²) in [6, 6.07) is 3.94. The third-order valence-corrected chi connectivity index (χ3v) is 6.62. The molecule has 1 aliphatic carbocycles. The molecule has 1 amide bonds. The molecule has 1 aliphatic rings. The van der Waals surface area contributed by atoms with Crippen LogP contribution in [0.1, 0.15) is 23.2 Å². The lowest BCUT2D eigenvalue weighted by Crippen LogP contribution is -2.30. The Hall–Kier alpha value is -3.13. The van der Waals surface area contributed by atoms with Gasteiger partial charge in [0, 0.05) is 25.5 Å². The Bertz CT molecular complexity index is 1320. The molecule has 1 N–H and O–H groups in total. The highest BCUT2D eigenvalue weighted by Gasteiger charge is 2.64. The summed E-state index contributed by atoms with van der Waals surface area (Å²) in [5.74, 6) is -0.902. The summed E-state index contributed by atoms with van der Waals surface area (Å²) in [6.45, 7) is -0.536. The first-order valence-corrected chi connectivity index (χ1v) is 11.2. The van der Waals surface area contributed by atoms with Gasteiger partial charge in [-0.2, -0.15) is 18.3 Å². The number of pyridine rings is 1. The van der Waals surface area contributed by atoms with Crippen molar-refractivity contribution in [2.24, 2.45) is 12.5 Å². The van der Waals surface area contributed by atoms with Gasteiger partial charge in [-0.05, 0) is 25.0 Å². The van der Waals surface area contributed by atoms with E-state index in [1.165, 1.54) is 47.0 Å². The number of alkyl halides is 3. The maximum Gasteiger partial charge on any atom is 0.397 e. The molecule has 15 heteroatoms. The van der Waals surface area contributed by atoms with Gasteiger partial charge in [0.15, 0.2) is 5.82 Å². The maximum atomic E-state index is 13.0. The molecule has 1 saturated carbocycles. The maximum absolute atomic E-state index is 13.0. The zero-order valence-electron chi connectivity index (χ0n) is 16.9. The van der Waals surface area contributed by atoms with Gasteiger partial charge in [0.05, 0.1) is 11.8 Å². The van der Waals surface area contributed by atoms with E-state index in [1.807, 2.05) is 4.72 Å². The average molecular weight is 505 g/mol. The summed E-state index contributed by atoms with van der Waals surface area (Å²) >= 11 is 6.06. The lowest BCUT2D eigenvalue weighted by Gasteiger charge is -2.18. The van der Waals surface area contributed by atoms with Crippen LogP contribution in [0.5, 0.6) is 5.88 Å². The molecule has 0 radical (unpaired) electrons. The molecule has 3 heterocycles. The minimum Gasteiger partial charge on any atom is -0.476 e. The fourth-order valence-corrected chi connectivity index (χ4v) is 4.06. The second-order valence-corrected chi connectivity index (χ2v) is 9.50. The number of amides is 1. The summed E-state index contributed by atoms with van der Waals surface area (Å²) in [4.78, 5) is 16.2. The number of nitrogens with zero attached hydrogens (tertiary/aromatic N) is 5. The number of hydrogen-bond acceptors (Lipinski definition) is 7. The van der Waals surface area contributed by atoms with Crippen LogP contribution in [-0.4, -0.2) is 51.7 Å². The van der Waals surface area contributed by atoms with Crippen LogP contribution in [0.3, 0.4) is 0 Å². The Kier molecular flexibility index (Phi) is 5.60. The predicted molar refractivity (Wildman–Crippen MR) is 107 cm³/mol. The van der Waals surface area contributed by atoms with Crippen molar-refractivity contribution in [2.75, 3.05) is 6.61 Å². The summed E-state index contributed by atoms with van der Waals surface area (Å²) in [6.07, 6.45) is -0.631. The Morgan fingerprint density at radius 1 is 1.30 bits per heavy atom. The number of nitrogens with one attached hydrogen (secondary N) is 1. The third-order valence-electron chi connectivity index (χ3n) is 5.05. The summed E-state index contributed by atoms with van der Waals surface area (Å²) in [5, 5.41) is 7.45. The molecule has 3 aromatic heterocycles. The zero-order chi connectivity index (χ0) is 24.0. The van der Waals surface area contributed by atoms with Crippen molar-refractivity contribution >= 4 is 27.5 Å². The molecule has 10 nitrogen and oxygen atoms in total. The lowest BCUT2D eigenvalue weighted by molar-refractivity contribution is -0.194. The molecule has 0 saturated heterocycles. The predicted octanol–water partition coefficient (Wildman–Crippen LogP) is 2.49. The van der Waals surface area contributed by atoms with Crippen molar-refractivity contribution in [1.29, 1.82) is 0 Å². The molecule has 0 unspecified atom stereocenters. The van der Waals surface area contributed by atoms with Gasteiger partial charge in [-0.25, -0.2) is 22.8 Å².